The fourth-order valence-electron chi connectivity index (χ4n) is 2.97. The van der Waals surface area contributed by atoms with Crippen LogP contribution in [-0.4, -0.2) is 20.5 Å². The van der Waals surface area contributed by atoms with E-state index in [4.69, 9.17) is 21.1 Å². The molecule has 1 aliphatic rings. The van der Waals surface area contributed by atoms with Crippen molar-refractivity contribution in [1.29, 1.82) is 0 Å². The third-order valence-electron chi connectivity index (χ3n) is 3.77. The highest BCUT2D eigenvalue weighted by Gasteiger charge is 2.40. The summed E-state index contributed by atoms with van der Waals surface area (Å²) in [7, 11) is 3.40. The summed E-state index contributed by atoms with van der Waals surface area (Å²) >= 11 is 6.05. The Morgan fingerprint density at radius 2 is 2.00 bits per heavy atom. The number of halogens is 1. The van der Waals surface area contributed by atoms with Crippen LogP contribution in [0, 0.1) is 0 Å². The van der Waals surface area contributed by atoms with Crippen molar-refractivity contribution in [3.05, 3.63) is 34.3 Å². The minimum absolute atomic E-state index is 0.0817. The van der Waals surface area contributed by atoms with Gasteiger partial charge >= 0.3 is 0 Å². The first kappa shape index (κ1) is 12.9. The van der Waals surface area contributed by atoms with Gasteiger partial charge in [-0.2, -0.15) is 0 Å². The predicted octanol–water partition coefficient (Wildman–Crippen LogP) is 3.55. The van der Waals surface area contributed by atoms with E-state index in [1.54, 1.807) is 14.2 Å². The van der Waals surface area contributed by atoms with Crippen molar-refractivity contribution < 1.29 is 9.47 Å². The second-order valence-corrected chi connectivity index (χ2v) is 5.31. The van der Waals surface area contributed by atoms with Crippen molar-refractivity contribution in [1.82, 2.24) is 0 Å². The van der Waals surface area contributed by atoms with Gasteiger partial charge in [0, 0.05) is 24.7 Å². The van der Waals surface area contributed by atoms with Crippen LogP contribution in [-0.2, 0) is 21.3 Å². The quantitative estimate of drug-likeness (QED) is 0.768. The van der Waals surface area contributed by atoms with E-state index in [2.05, 4.69) is 19.1 Å². The second-order valence-electron chi connectivity index (χ2n) is 4.88. The van der Waals surface area contributed by atoms with E-state index in [1.807, 2.05) is 6.07 Å². The summed E-state index contributed by atoms with van der Waals surface area (Å²) in [5, 5.41) is 0.805. The fourth-order valence-corrected chi connectivity index (χ4v) is 3.16. The highest BCUT2D eigenvalue weighted by molar-refractivity contribution is 6.30. The molecule has 94 valence electrons. The lowest BCUT2D eigenvalue weighted by Gasteiger charge is -2.40. The molecule has 2 rings (SSSR count). The molecule has 1 aromatic carbocycles. The zero-order chi connectivity index (χ0) is 12.5. The lowest BCUT2D eigenvalue weighted by molar-refractivity contribution is -0.149. The van der Waals surface area contributed by atoms with Gasteiger partial charge < -0.3 is 9.47 Å². The maximum absolute atomic E-state index is 6.05. The van der Waals surface area contributed by atoms with Gasteiger partial charge in [0.2, 0.25) is 0 Å². The molecule has 0 bridgehead atoms. The Morgan fingerprint density at radius 3 is 2.65 bits per heavy atom. The van der Waals surface area contributed by atoms with E-state index in [0.717, 1.165) is 24.3 Å². The van der Waals surface area contributed by atoms with Crippen LogP contribution >= 0.6 is 11.6 Å². The molecule has 0 aromatic heterocycles. The second kappa shape index (κ2) is 4.97. The summed E-state index contributed by atoms with van der Waals surface area (Å²) in [6, 6.07) is 6.13. The van der Waals surface area contributed by atoms with Crippen molar-refractivity contribution in [2.45, 2.75) is 37.9 Å². The Hall–Kier alpha value is -0.570. The predicted molar refractivity (Wildman–Crippen MR) is 69.5 cm³/mol. The molecule has 0 fully saturated rings. The third kappa shape index (κ3) is 2.22. The standard InChI is InChI=1S/C14H19ClO2/c1-14(13(16-2)17-3)8-4-5-10-9-11(15)6-7-12(10)14/h6-7,9,13H,4-5,8H2,1-3H3/t14-/m1/s1. The van der Waals surface area contributed by atoms with E-state index in [1.165, 1.54) is 11.1 Å². The number of aryl methyl sites for hydroxylation is 1. The molecule has 2 nitrogen and oxygen atoms in total. The lowest BCUT2D eigenvalue weighted by Crippen LogP contribution is -2.42. The van der Waals surface area contributed by atoms with Gasteiger partial charge in [-0.25, -0.2) is 0 Å². The van der Waals surface area contributed by atoms with Gasteiger partial charge in [0.15, 0.2) is 6.29 Å². The fraction of sp³-hybridized carbons (Fsp3) is 0.571. The van der Waals surface area contributed by atoms with E-state index in [-0.39, 0.29) is 11.7 Å². The van der Waals surface area contributed by atoms with Crippen LogP contribution in [0.25, 0.3) is 0 Å². The molecule has 17 heavy (non-hydrogen) atoms. The average Bonchev–Trinajstić information content (AvgIpc) is 2.30. The van der Waals surface area contributed by atoms with Gasteiger partial charge in [0.05, 0.1) is 0 Å². The molecular formula is C14H19ClO2. The summed E-state index contributed by atoms with van der Waals surface area (Å²) < 4.78 is 10.9. The van der Waals surface area contributed by atoms with Crippen LogP contribution in [0.1, 0.15) is 30.9 Å². The average molecular weight is 255 g/mol. The molecule has 0 heterocycles. The van der Waals surface area contributed by atoms with Crippen LogP contribution in [0.15, 0.2) is 18.2 Å². The summed E-state index contributed by atoms with van der Waals surface area (Å²) in [5.41, 5.74) is 2.55. The van der Waals surface area contributed by atoms with Gasteiger partial charge in [-0.15, -0.1) is 0 Å². The molecule has 1 aromatic rings. The van der Waals surface area contributed by atoms with Gasteiger partial charge in [0.25, 0.3) is 0 Å². The first-order valence-corrected chi connectivity index (χ1v) is 6.34. The molecule has 0 radical (unpaired) electrons. The molecule has 0 unspecified atom stereocenters. The van der Waals surface area contributed by atoms with E-state index in [0.29, 0.717) is 0 Å². The first-order chi connectivity index (χ1) is 8.11. The topological polar surface area (TPSA) is 18.5 Å². The number of hydrogen-bond donors (Lipinski definition) is 0. The van der Waals surface area contributed by atoms with Gasteiger partial charge in [-0.05, 0) is 42.5 Å². The Labute approximate surface area is 108 Å². The monoisotopic (exact) mass is 254 g/mol. The SMILES string of the molecule is COC(OC)[C@]1(C)CCCc2cc(Cl)ccc21. The Kier molecular flexibility index (Phi) is 3.76. The Balaban J connectivity index is 2.46. The normalized spacial score (nSPS) is 23.8. The molecule has 1 atom stereocenters. The summed E-state index contributed by atoms with van der Waals surface area (Å²) in [6.07, 6.45) is 3.11. The maximum atomic E-state index is 6.05. The molecular weight excluding hydrogens is 236 g/mol. The number of benzene rings is 1. The van der Waals surface area contributed by atoms with E-state index >= 15 is 0 Å². The summed E-state index contributed by atoms with van der Waals surface area (Å²) in [6.45, 7) is 2.20. The molecule has 0 N–H and O–H groups in total. The first-order valence-electron chi connectivity index (χ1n) is 5.96. The molecule has 0 aliphatic heterocycles. The summed E-state index contributed by atoms with van der Waals surface area (Å²) in [4.78, 5) is 0. The Bertz CT molecular complexity index is 401. The van der Waals surface area contributed by atoms with Gasteiger partial charge in [-0.3, -0.25) is 0 Å². The van der Waals surface area contributed by atoms with Gasteiger partial charge in [0.1, 0.15) is 0 Å². The van der Waals surface area contributed by atoms with E-state index in [9.17, 15) is 0 Å². The summed E-state index contributed by atoms with van der Waals surface area (Å²) in [5.74, 6) is 0. The van der Waals surface area contributed by atoms with Crippen LogP contribution < -0.4 is 0 Å². The van der Waals surface area contributed by atoms with Crippen LogP contribution in [0.3, 0.4) is 0 Å². The highest BCUT2D eigenvalue weighted by atomic mass is 35.5. The highest BCUT2D eigenvalue weighted by Crippen LogP contribution is 2.41. The lowest BCUT2D eigenvalue weighted by atomic mass is 9.70. The van der Waals surface area contributed by atoms with Gasteiger partial charge in [-0.1, -0.05) is 24.6 Å². The zero-order valence-corrected chi connectivity index (χ0v) is 11.4. The van der Waals surface area contributed by atoms with Crippen molar-refractivity contribution >= 4 is 11.6 Å². The van der Waals surface area contributed by atoms with Crippen LogP contribution in [0.5, 0.6) is 0 Å². The van der Waals surface area contributed by atoms with Crippen LogP contribution in [0.2, 0.25) is 5.02 Å². The number of rotatable bonds is 3. The number of ether oxygens (including phenoxy) is 2. The molecule has 3 heteroatoms. The number of hydrogen-bond acceptors (Lipinski definition) is 2. The van der Waals surface area contributed by atoms with Crippen molar-refractivity contribution in [2.75, 3.05) is 14.2 Å². The third-order valence-corrected chi connectivity index (χ3v) is 4.01. The number of fused-ring (bicyclic) bond motifs is 1. The number of methoxy groups -OCH3 is 2. The van der Waals surface area contributed by atoms with Crippen molar-refractivity contribution in [3.63, 3.8) is 0 Å². The minimum atomic E-state index is -0.206. The molecule has 0 amide bonds. The van der Waals surface area contributed by atoms with Crippen molar-refractivity contribution in [2.24, 2.45) is 0 Å². The molecule has 1 aliphatic carbocycles. The molecule has 0 saturated carbocycles. The largest absolute Gasteiger partial charge is 0.355 e. The minimum Gasteiger partial charge on any atom is -0.355 e. The van der Waals surface area contributed by atoms with E-state index < -0.39 is 0 Å². The van der Waals surface area contributed by atoms with Crippen molar-refractivity contribution in [3.8, 4) is 0 Å². The molecule has 0 saturated heterocycles. The zero-order valence-electron chi connectivity index (χ0n) is 10.6. The smallest absolute Gasteiger partial charge is 0.166 e. The molecule has 0 spiro atoms. The Morgan fingerprint density at radius 1 is 1.29 bits per heavy atom. The maximum Gasteiger partial charge on any atom is 0.166 e. The van der Waals surface area contributed by atoms with Crippen LogP contribution in [0.4, 0.5) is 0 Å².